The molecule has 1 heterocycles. The van der Waals surface area contributed by atoms with E-state index in [-0.39, 0.29) is 0 Å². The summed E-state index contributed by atoms with van der Waals surface area (Å²) in [6.45, 7) is 4.81. The molecular formula is C29H29NO. The van der Waals surface area contributed by atoms with Gasteiger partial charge >= 0.3 is 0 Å². The predicted octanol–water partition coefficient (Wildman–Crippen LogP) is 5.77. The molecule has 31 heavy (non-hydrogen) atoms. The van der Waals surface area contributed by atoms with Gasteiger partial charge in [-0.15, -0.1) is 0 Å². The number of allylic oxidation sites excluding steroid dienone is 1. The molecule has 1 fully saturated rings. The monoisotopic (exact) mass is 407 g/mol. The molecule has 0 saturated carbocycles. The molecule has 0 radical (unpaired) electrons. The van der Waals surface area contributed by atoms with Gasteiger partial charge in [0.15, 0.2) is 0 Å². The van der Waals surface area contributed by atoms with Crippen molar-refractivity contribution in [1.82, 2.24) is 4.90 Å². The first-order chi connectivity index (χ1) is 15.3. The van der Waals surface area contributed by atoms with E-state index in [9.17, 15) is 0 Å². The molecule has 3 aromatic rings. The molecule has 3 aromatic carbocycles. The van der Waals surface area contributed by atoms with Gasteiger partial charge in [0.25, 0.3) is 0 Å². The lowest BCUT2D eigenvalue weighted by atomic mass is 9.78. The van der Waals surface area contributed by atoms with Crippen LogP contribution in [0.15, 0.2) is 60.7 Å². The first-order valence-electron chi connectivity index (χ1n) is 11.7. The minimum absolute atomic E-state index is 0.858. The van der Waals surface area contributed by atoms with Crippen LogP contribution in [0.25, 0.3) is 22.8 Å². The molecular weight excluding hydrogens is 378 g/mol. The topological polar surface area (TPSA) is 12.5 Å². The van der Waals surface area contributed by atoms with E-state index in [2.05, 4.69) is 71.6 Å². The van der Waals surface area contributed by atoms with Crippen LogP contribution in [0, 0.1) is 0 Å². The molecule has 3 aliphatic rings. The second-order valence-corrected chi connectivity index (χ2v) is 9.08. The molecule has 0 atom stereocenters. The highest BCUT2D eigenvalue weighted by Gasteiger charge is 2.22. The number of rotatable bonds is 3. The van der Waals surface area contributed by atoms with Crippen LogP contribution in [0.4, 0.5) is 0 Å². The van der Waals surface area contributed by atoms with E-state index < -0.39 is 0 Å². The summed E-state index contributed by atoms with van der Waals surface area (Å²) in [7, 11) is 0. The van der Waals surface area contributed by atoms with Gasteiger partial charge in [-0.05, 0) is 75.8 Å². The summed E-state index contributed by atoms with van der Waals surface area (Å²) >= 11 is 0. The smallest absolute Gasteiger partial charge is 0.0594 e. The molecule has 0 aromatic heterocycles. The van der Waals surface area contributed by atoms with Gasteiger partial charge < -0.3 is 4.74 Å². The highest BCUT2D eigenvalue weighted by molar-refractivity contribution is 5.87. The van der Waals surface area contributed by atoms with Crippen molar-refractivity contribution in [1.29, 1.82) is 0 Å². The first kappa shape index (κ1) is 19.0. The number of aryl methyl sites for hydroxylation is 1. The maximum absolute atomic E-state index is 5.50. The standard InChI is InChI=1S/C29H29NO/c1-2-7-26-22(5-1)8-12-29-27-11-9-24(19-25(27)10-13-28(26)29)23-6-3-4-21(18-23)20-30-14-16-31-17-15-30/h1-7,10,13,18-19H,8-9,11-12,14-17,20H2. The second kappa shape index (κ2) is 8.11. The molecule has 156 valence electrons. The zero-order chi connectivity index (χ0) is 20.6. The average Bonchev–Trinajstić information content (AvgIpc) is 2.84. The fourth-order valence-electron chi connectivity index (χ4n) is 5.57. The summed E-state index contributed by atoms with van der Waals surface area (Å²) in [5.74, 6) is 0. The number of nitrogens with zero attached hydrogens (tertiary/aromatic N) is 1. The average molecular weight is 408 g/mol. The van der Waals surface area contributed by atoms with Crippen LogP contribution in [0.2, 0.25) is 0 Å². The minimum Gasteiger partial charge on any atom is -0.379 e. The van der Waals surface area contributed by atoms with Crippen LogP contribution in [0.5, 0.6) is 0 Å². The van der Waals surface area contributed by atoms with Crippen LogP contribution >= 0.6 is 0 Å². The third kappa shape index (κ3) is 3.64. The van der Waals surface area contributed by atoms with Gasteiger partial charge in [-0.2, -0.15) is 0 Å². The van der Waals surface area contributed by atoms with Crippen molar-refractivity contribution < 1.29 is 4.74 Å². The summed E-state index contributed by atoms with van der Waals surface area (Å²) in [6.07, 6.45) is 7.08. The quantitative estimate of drug-likeness (QED) is 0.546. The zero-order valence-electron chi connectivity index (χ0n) is 18.1. The van der Waals surface area contributed by atoms with E-state index in [1.807, 2.05) is 0 Å². The number of hydrogen-bond acceptors (Lipinski definition) is 2. The number of hydrogen-bond donors (Lipinski definition) is 0. The Morgan fingerprint density at radius 2 is 1.61 bits per heavy atom. The van der Waals surface area contributed by atoms with Crippen LogP contribution in [-0.2, 0) is 30.5 Å². The lowest BCUT2D eigenvalue weighted by molar-refractivity contribution is 0.0342. The molecule has 2 heteroatoms. The number of ether oxygens (including phenoxy) is 1. The molecule has 6 rings (SSSR count). The Kier molecular flexibility index (Phi) is 4.98. The molecule has 0 amide bonds. The van der Waals surface area contributed by atoms with E-state index in [0.29, 0.717) is 0 Å². The largest absolute Gasteiger partial charge is 0.379 e. The van der Waals surface area contributed by atoms with Gasteiger partial charge in [0.2, 0.25) is 0 Å². The lowest BCUT2D eigenvalue weighted by Crippen LogP contribution is -2.35. The fourth-order valence-corrected chi connectivity index (χ4v) is 5.57. The summed E-state index contributed by atoms with van der Waals surface area (Å²) in [4.78, 5) is 2.50. The van der Waals surface area contributed by atoms with E-state index >= 15 is 0 Å². The summed E-state index contributed by atoms with van der Waals surface area (Å²) in [6, 6.07) is 22.8. The third-order valence-electron chi connectivity index (χ3n) is 7.20. The Bertz CT molecular complexity index is 1150. The zero-order valence-corrected chi connectivity index (χ0v) is 18.1. The molecule has 0 bridgehead atoms. The molecule has 0 unspecified atom stereocenters. The van der Waals surface area contributed by atoms with E-state index in [0.717, 1.165) is 45.7 Å². The highest BCUT2D eigenvalue weighted by atomic mass is 16.5. The fraction of sp³-hybridized carbons (Fsp3) is 0.310. The number of morpholine rings is 1. The maximum atomic E-state index is 5.50. The number of benzene rings is 3. The summed E-state index contributed by atoms with van der Waals surface area (Å²) in [5.41, 5.74) is 13.3. The van der Waals surface area contributed by atoms with Gasteiger partial charge in [0.1, 0.15) is 0 Å². The molecule has 1 aliphatic heterocycles. The van der Waals surface area contributed by atoms with Crippen molar-refractivity contribution >= 4 is 11.6 Å². The van der Waals surface area contributed by atoms with Crippen LogP contribution in [0.3, 0.4) is 0 Å². The van der Waals surface area contributed by atoms with Crippen LogP contribution in [0.1, 0.15) is 39.8 Å². The van der Waals surface area contributed by atoms with E-state index in [1.54, 1.807) is 11.1 Å². The second-order valence-electron chi connectivity index (χ2n) is 9.08. The van der Waals surface area contributed by atoms with E-state index in [1.165, 1.54) is 51.8 Å². The Morgan fingerprint density at radius 1 is 0.742 bits per heavy atom. The maximum Gasteiger partial charge on any atom is 0.0594 e. The number of fused-ring (bicyclic) bond motifs is 5. The molecule has 1 saturated heterocycles. The van der Waals surface area contributed by atoms with Gasteiger partial charge in [0, 0.05) is 19.6 Å². The van der Waals surface area contributed by atoms with Crippen LogP contribution in [-0.4, -0.2) is 31.2 Å². The molecule has 0 N–H and O–H groups in total. The van der Waals surface area contributed by atoms with Gasteiger partial charge in [-0.25, -0.2) is 0 Å². The normalized spacial score (nSPS) is 18.0. The van der Waals surface area contributed by atoms with Gasteiger partial charge in [-0.1, -0.05) is 66.7 Å². The minimum atomic E-state index is 0.858. The molecule has 2 aliphatic carbocycles. The molecule has 2 nitrogen and oxygen atoms in total. The lowest BCUT2D eigenvalue weighted by Gasteiger charge is -2.27. The van der Waals surface area contributed by atoms with Gasteiger partial charge in [-0.3, -0.25) is 4.90 Å². The predicted molar refractivity (Wildman–Crippen MR) is 128 cm³/mol. The van der Waals surface area contributed by atoms with Crippen molar-refractivity contribution in [2.75, 3.05) is 26.3 Å². The Balaban J connectivity index is 1.30. The Morgan fingerprint density at radius 3 is 2.55 bits per heavy atom. The third-order valence-corrected chi connectivity index (χ3v) is 7.20. The molecule has 0 spiro atoms. The van der Waals surface area contributed by atoms with Gasteiger partial charge in [0.05, 0.1) is 13.2 Å². The van der Waals surface area contributed by atoms with Crippen molar-refractivity contribution in [3.8, 4) is 11.1 Å². The Hall–Kier alpha value is -2.68. The highest BCUT2D eigenvalue weighted by Crippen LogP contribution is 2.40. The van der Waals surface area contributed by atoms with Crippen molar-refractivity contribution in [2.24, 2.45) is 0 Å². The first-order valence-corrected chi connectivity index (χ1v) is 11.7. The van der Waals surface area contributed by atoms with Crippen molar-refractivity contribution in [3.63, 3.8) is 0 Å². The van der Waals surface area contributed by atoms with Crippen molar-refractivity contribution in [3.05, 3.63) is 94.0 Å². The van der Waals surface area contributed by atoms with E-state index in [4.69, 9.17) is 4.74 Å². The SMILES string of the molecule is C1=C(c2cccc(CN3CCOCC3)c2)CCc2c1ccc1c2CCc2ccccc2-1. The summed E-state index contributed by atoms with van der Waals surface area (Å²) < 4.78 is 5.50. The van der Waals surface area contributed by atoms with Crippen molar-refractivity contribution in [2.45, 2.75) is 32.2 Å². The Labute approximate surface area is 185 Å². The van der Waals surface area contributed by atoms with Crippen LogP contribution < -0.4 is 0 Å². The summed E-state index contributed by atoms with van der Waals surface area (Å²) in [5, 5.41) is 0.